The zero-order valence-corrected chi connectivity index (χ0v) is 34.3. The van der Waals surface area contributed by atoms with Gasteiger partial charge in [0.15, 0.2) is 14.1 Å². The van der Waals surface area contributed by atoms with Gasteiger partial charge in [-0.2, -0.15) is 0 Å². The number of carbonyl (C=O) groups excluding carboxylic acids is 4. The van der Waals surface area contributed by atoms with Crippen LogP contribution in [-0.4, -0.2) is 68.7 Å². The monoisotopic (exact) mass is 771 g/mol. The number of benzene rings is 3. The van der Waals surface area contributed by atoms with Gasteiger partial charge < -0.3 is 23.9 Å². The van der Waals surface area contributed by atoms with Gasteiger partial charge in [-0.05, 0) is 97.7 Å². The lowest BCUT2D eigenvalue weighted by Crippen LogP contribution is -2.44. The van der Waals surface area contributed by atoms with E-state index in [-0.39, 0.29) is 41.3 Å². The Bertz CT molecular complexity index is 2060. The Labute approximate surface area is 323 Å². The molecule has 3 aromatic carbocycles. The van der Waals surface area contributed by atoms with Gasteiger partial charge in [0, 0.05) is 48.9 Å². The maximum Gasteiger partial charge on any atom is 0.308 e. The Morgan fingerprint density at radius 1 is 0.873 bits per heavy atom. The fourth-order valence-corrected chi connectivity index (χ4v) is 7.35. The first kappa shape index (κ1) is 42.5. The second-order valence-electron chi connectivity index (χ2n) is 15.5. The highest BCUT2D eigenvalue weighted by Gasteiger charge is 2.40. The van der Waals surface area contributed by atoms with Crippen LogP contribution in [0.3, 0.4) is 0 Å². The lowest BCUT2D eigenvalue weighted by atomic mass is 9.94. The number of ether oxygens (including phenoxy) is 1. The molecule has 1 heterocycles. The lowest BCUT2D eigenvalue weighted by Gasteiger charge is -2.39. The fourth-order valence-electron chi connectivity index (χ4n) is 6.00. The van der Waals surface area contributed by atoms with Crippen LogP contribution in [0.15, 0.2) is 78.9 Å². The van der Waals surface area contributed by atoms with E-state index in [0.717, 1.165) is 0 Å². The van der Waals surface area contributed by atoms with Crippen molar-refractivity contribution in [3.63, 3.8) is 0 Å². The Balaban J connectivity index is 1.93. The molecule has 0 aliphatic rings. The van der Waals surface area contributed by atoms with Gasteiger partial charge in [0.25, 0.3) is 11.8 Å². The number of rotatable bonds is 14. The molecule has 1 N–H and O–H groups in total. The molecule has 55 heavy (non-hydrogen) atoms. The number of hydrogen-bond acceptors (Lipinski definition) is 6. The van der Waals surface area contributed by atoms with Crippen LogP contribution < -0.4 is 5.32 Å². The highest BCUT2D eigenvalue weighted by molar-refractivity contribution is 6.74. The SMILES string of the molecule is COC(=O)C[C@@H](CC(=O)C=Cc1c(-c2ccc(F)cc2)c(-c2ccc(F)cc2)c(C(=O)Nc2cccc(C(=O)N(C)C)c2)n1C(C)C)O[Si](C)(C)C(C)(C)C. The molecule has 0 bridgehead atoms. The van der Waals surface area contributed by atoms with E-state index in [1.807, 2.05) is 26.9 Å². The number of amides is 2. The molecule has 0 saturated heterocycles. The van der Waals surface area contributed by atoms with Crippen molar-refractivity contribution in [2.24, 2.45) is 0 Å². The predicted octanol–water partition coefficient (Wildman–Crippen LogP) is 9.56. The number of ketones is 1. The summed E-state index contributed by atoms with van der Waals surface area (Å²) < 4.78 is 41.9. The number of nitrogens with zero attached hydrogens (tertiary/aromatic N) is 2. The van der Waals surface area contributed by atoms with E-state index >= 15 is 0 Å². The Kier molecular flexibility index (Phi) is 13.5. The topological polar surface area (TPSA) is 107 Å². The van der Waals surface area contributed by atoms with Crippen molar-refractivity contribution in [2.75, 3.05) is 26.5 Å². The molecule has 4 rings (SSSR count). The van der Waals surface area contributed by atoms with Gasteiger partial charge in [-0.25, -0.2) is 8.78 Å². The van der Waals surface area contributed by atoms with Crippen LogP contribution in [0.4, 0.5) is 14.5 Å². The standard InChI is InChI=1S/C43H51F2N3O6Si/c1-27(2)48-36(23-22-34(49)25-35(26-37(50)53-8)54-55(9,10)43(3,4)5)38(28-14-18-31(44)19-15-28)39(29-16-20-32(45)21-17-29)40(48)41(51)46-33-13-11-12-30(24-33)42(52)47(6)7/h11-24,27,35H,25-26H2,1-10H3,(H,46,51)/t35-/m1/s1. The summed E-state index contributed by atoms with van der Waals surface area (Å²) in [6.07, 6.45) is 2.07. The minimum atomic E-state index is -2.40. The molecule has 9 nitrogen and oxygen atoms in total. The van der Waals surface area contributed by atoms with Crippen LogP contribution in [0.2, 0.25) is 18.1 Å². The Hall–Kier alpha value is -5.20. The summed E-state index contributed by atoms with van der Waals surface area (Å²) in [4.78, 5) is 55.0. The summed E-state index contributed by atoms with van der Waals surface area (Å²) in [5, 5.41) is 2.77. The highest BCUT2D eigenvalue weighted by atomic mass is 28.4. The van der Waals surface area contributed by atoms with E-state index in [4.69, 9.17) is 9.16 Å². The van der Waals surface area contributed by atoms with Crippen molar-refractivity contribution in [1.82, 2.24) is 9.47 Å². The van der Waals surface area contributed by atoms with Crippen molar-refractivity contribution >= 4 is 43.6 Å². The molecule has 0 aliphatic carbocycles. The Morgan fingerprint density at radius 2 is 1.44 bits per heavy atom. The molecular weight excluding hydrogens is 721 g/mol. The summed E-state index contributed by atoms with van der Waals surface area (Å²) in [6, 6.07) is 17.7. The number of hydrogen-bond donors (Lipinski definition) is 1. The molecule has 0 saturated carbocycles. The highest BCUT2D eigenvalue weighted by Crippen LogP contribution is 2.43. The third kappa shape index (κ3) is 10.3. The number of carbonyl (C=O) groups is 4. The van der Waals surface area contributed by atoms with Gasteiger partial charge in [-0.15, -0.1) is 0 Å². The molecule has 0 spiro atoms. The van der Waals surface area contributed by atoms with E-state index in [0.29, 0.717) is 39.2 Å². The third-order valence-corrected chi connectivity index (χ3v) is 14.3. The molecule has 1 atom stereocenters. The molecule has 0 radical (unpaired) electrons. The summed E-state index contributed by atoms with van der Waals surface area (Å²) in [7, 11) is 2.16. The van der Waals surface area contributed by atoms with Crippen molar-refractivity contribution in [3.8, 4) is 22.3 Å². The third-order valence-electron chi connectivity index (χ3n) is 9.76. The van der Waals surface area contributed by atoms with Gasteiger partial charge in [0.1, 0.15) is 17.3 Å². The van der Waals surface area contributed by atoms with Crippen LogP contribution in [-0.2, 0) is 18.8 Å². The van der Waals surface area contributed by atoms with Crippen LogP contribution in [0, 0.1) is 11.6 Å². The summed E-state index contributed by atoms with van der Waals surface area (Å²) >= 11 is 0. The molecule has 4 aromatic rings. The molecule has 2 amide bonds. The van der Waals surface area contributed by atoms with Crippen LogP contribution in [0.1, 0.15) is 80.0 Å². The average molecular weight is 772 g/mol. The molecule has 12 heteroatoms. The number of nitrogens with one attached hydrogen (secondary N) is 1. The number of esters is 1. The normalized spacial score (nSPS) is 12.5. The first-order valence-corrected chi connectivity index (χ1v) is 21.0. The second-order valence-corrected chi connectivity index (χ2v) is 20.2. The second kappa shape index (κ2) is 17.5. The summed E-state index contributed by atoms with van der Waals surface area (Å²) in [5.74, 6) is -2.54. The number of halogens is 2. The minimum Gasteiger partial charge on any atom is -0.469 e. The summed E-state index contributed by atoms with van der Waals surface area (Å²) in [5.41, 5.74) is 3.39. The van der Waals surface area contributed by atoms with Crippen molar-refractivity contribution in [1.29, 1.82) is 0 Å². The van der Waals surface area contributed by atoms with E-state index in [1.54, 1.807) is 73.3 Å². The maximum atomic E-state index is 14.6. The zero-order valence-electron chi connectivity index (χ0n) is 33.3. The van der Waals surface area contributed by atoms with E-state index in [1.165, 1.54) is 42.4 Å². The van der Waals surface area contributed by atoms with Crippen molar-refractivity contribution < 1.29 is 37.1 Å². The molecule has 0 unspecified atom stereocenters. The van der Waals surface area contributed by atoms with Crippen molar-refractivity contribution in [3.05, 3.63) is 107 Å². The van der Waals surface area contributed by atoms with Crippen molar-refractivity contribution in [2.45, 2.75) is 77.7 Å². The first-order chi connectivity index (χ1) is 25.7. The average Bonchev–Trinajstić information content (AvgIpc) is 3.46. The van der Waals surface area contributed by atoms with Gasteiger partial charge in [-0.3, -0.25) is 19.2 Å². The number of anilines is 1. The van der Waals surface area contributed by atoms with Gasteiger partial charge >= 0.3 is 5.97 Å². The van der Waals surface area contributed by atoms with Crippen LogP contribution in [0.5, 0.6) is 0 Å². The van der Waals surface area contributed by atoms with Gasteiger partial charge in [-0.1, -0.05) is 51.1 Å². The summed E-state index contributed by atoms with van der Waals surface area (Å²) in [6.45, 7) is 14.1. The molecular formula is C43H51F2N3O6Si. The predicted molar refractivity (Wildman–Crippen MR) is 215 cm³/mol. The minimum absolute atomic E-state index is 0.105. The lowest BCUT2D eigenvalue weighted by molar-refractivity contribution is -0.142. The quantitative estimate of drug-likeness (QED) is 0.0778. The largest absolute Gasteiger partial charge is 0.469 e. The smallest absolute Gasteiger partial charge is 0.308 e. The maximum absolute atomic E-state index is 14.6. The van der Waals surface area contributed by atoms with Gasteiger partial charge in [0.05, 0.1) is 25.3 Å². The molecule has 0 fully saturated rings. The van der Waals surface area contributed by atoms with Crippen LogP contribution >= 0.6 is 0 Å². The number of methoxy groups -OCH3 is 1. The molecule has 1 aromatic heterocycles. The molecule has 0 aliphatic heterocycles. The first-order valence-electron chi connectivity index (χ1n) is 18.1. The van der Waals surface area contributed by atoms with Crippen LogP contribution in [0.25, 0.3) is 28.3 Å². The number of aromatic nitrogens is 1. The van der Waals surface area contributed by atoms with E-state index < -0.39 is 37.9 Å². The molecule has 292 valence electrons. The van der Waals surface area contributed by atoms with Gasteiger partial charge in [0.2, 0.25) is 0 Å². The Morgan fingerprint density at radius 3 is 1.95 bits per heavy atom. The van der Waals surface area contributed by atoms with E-state index in [2.05, 4.69) is 26.1 Å². The van der Waals surface area contributed by atoms with E-state index in [9.17, 15) is 28.0 Å². The zero-order chi connectivity index (χ0) is 40.8. The fraction of sp³-hybridized carbons (Fsp3) is 0.349. The number of allylic oxidation sites excluding steroid dienone is 1.